The number of hydrogen-bond donors (Lipinski definition) is 0. The summed E-state index contributed by atoms with van der Waals surface area (Å²) in [5, 5.41) is 9.26. The highest BCUT2D eigenvalue weighted by atomic mass is 14.3. The fourth-order valence-corrected chi connectivity index (χ4v) is 2.17. The molecule has 18 heavy (non-hydrogen) atoms. The maximum Gasteiger partial charge on any atom is 0.0715 e. The topological polar surface area (TPSA) is 23.8 Å². The van der Waals surface area contributed by atoms with Crippen LogP contribution in [0.4, 0.5) is 0 Å². The molecule has 0 bridgehead atoms. The van der Waals surface area contributed by atoms with Crippen LogP contribution in [0.5, 0.6) is 0 Å². The molecule has 1 atom stereocenters. The summed E-state index contributed by atoms with van der Waals surface area (Å²) in [5.74, 6) is -0.00767. The summed E-state index contributed by atoms with van der Waals surface area (Å²) in [6, 6.07) is 20.9. The maximum absolute atomic E-state index is 9.26. The van der Waals surface area contributed by atoms with Gasteiger partial charge in [-0.15, -0.1) is 0 Å². The van der Waals surface area contributed by atoms with Gasteiger partial charge in [0.15, 0.2) is 0 Å². The van der Waals surface area contributed by atoms with E-state index in [-0.39, 0.29) is 5.92 Å². The van der Waals surface area contributed by atoms with Crippen molar-refractivity contribution in [2.24, 2.45) is 0 Å². The summed E-state index contributed by atoms with van der Waals surface area (Å²) in [6.45, 7) is 2.10. The SMILES string of the molecule is Cc1cccc(CC[C@@H](C#N)c2ccccc2)c1. The van der Waals surface area contributed by atoms with Gasteiger partial charge in [-0.1, -0.05) is 60.2 Å². The van der Waals surface area contributed by atoms with Crippen molar-refractivity contribution in [3.63, 3.8) is 0 Å². The van der Waals surface area contributed by atoms with Crippen molar-refractivity contribution in [3.05, 3.63) is 71.3 Å². The Morgan fingerprint density at radius 1 is 1.06 bits per heavy atom. The largest absolute Gasteiger partial charge is 0.198 e. The quantitative estimate of drug-likeness (QED) is 0.777. The zero-order valence-corrected chi connectivity index (χ0v) is 10.6. The summed E-state index contributed by atoms with van der Waals surface area (Å²) in [7, 11) is 0. The Morgan fingerprint density at radius 2 is 1.83 bits per heavy atom. The maximum atomic E-state index is 9.26. The van der Waals surface area contributed by atoms with Gasteiger partial charge in [-0.2, -0.15) is 5.26 Å². The molecule has 1 heteroatoms. The molecule has 0 aromatic heterocycles. The monoisotopic (exact) mass is 235 g/mol. The molecule has 0 aliphatic carbocycles. The summed E-state index contributed by atoms with van der Waals surface area (Å²) in [4.78, 5) is 0. The van der Waals surface area contributed by atoms with Gasteiger partial charge in [0.05, 0.1) is 12.0 Å². The van der Waals surface area contributed by atoms with Gasteiger partial charge in [0.25, 0.3) is 0 Å². The Hall–Kier alpha value is -2.07. The minimum atomic E-state index is -0.00767. The van der Waals surface area contributed by atoms with E-state index in [2.05, 4.69) is 37.3 Å². The molecule has 1 nitrogen and oxygen atoms in total. The highest BCUT2D eigenvalue weighted by Crippen LogP contribution is 2.21. The van der Waals surface area contributed by atoms with E-state index in [1.807, 2.05) is 30.3 Å². The molecular weight excluding hydrogens is 218 g/mol. The standard InChI is InChI=1S/C17H17N/c1-14-6-5-7-15(12-14)10-11-17(13-18)16-8-3-2-4-9-16/h2-9,12,17H,10-11H2,1H3/t17-/m0/s1. The minimum absolute atomic E-state index is 0.00767. The van der Waals surface area contributed by atoms with Crippen LogP contribution < -0.4 is 0 Å². The highest BCUT2D eigenvalue weighted by molar-refractivity contribution is 5.26. The number of benzene rings is 2. The van der Waals surface area contributed by atoms with Crippen LogP contribution >= 0.6 is 0 Å². The molecule has 0 aliphatic heterocycles. The lowest BCUT2D eigenvalue weighted by molar-refractivity contribution is 0.746. The van der Waals surface area contributed by atoms with E-state index < -0.39 is 0 Å². The first kappa shape index (κ1) is 12.4. The first-order valence-electron chi connectivity index (χ1n) is 6.29. The molecule has 0 heterocycles. The second-order valence-electron chi connectivity index (χ2n) is 4.62. The first-order valence-corrected chi connectivity index (χ1v) is 6.29. The lowest BCUT2D eigenvalue weighted by atomic mass is 9.93. The van der Waals surface area contributed by atoms with E-state index in [9.17, 15) is 5.26 Å². The summed E-state index contributed by atoms with van der Waals surface area (Å²) >= 11 is 0. The molecule has 0 saturated heterocycles. The molecule has 0 aliphatic rings. The number of hydrogen-bond acceptors (Lipinski definition) is 1. The second kappa shape index (κ2) is 6.02. The van der Waals surface area contributed by atoms with Crippen molar-refractivity contribution in [3.8, 4) is 6.07 Å². The van der Waals surface area contributed by atoms with Crippen LogP contribution in [0.2, 0.25) is 0 Å². The average molecular weight is 235 g/mol. The van der Waals surface area contributed by atoms with E-state index in [1.165, 1.54) is 11.1 Å². The Bertz CT molecular complexity index is 537. The number of nitrogens with zero attached hydrogens (tertiary/aromatic N) is 1. The second-order valence-corrected chi connectivity index (χ2v) is 4.62. The van der Waals surface area contributed by atoms with Crippen LogP contribution in [0, 0.1) is 18.3 Å². The summed E-state index contributed by atoms with van der Waals surface area (Å²) in [6.07, 6.45) is 1.83. The van der Waals surface area contributed by atoms with Crippen molar-refractivity contribution in [1.29, 1.82) is 5.26 Å². The molecule has 0 amide bonds. The van der Waals surface area contributed by atoms with Gasteiger partial charge in [0.1, 0.15) is 0 Å². The van der Waals surface area contributed by atoms with E-state index in [0.717, 1.165) is 18.4 Å². The third kappa shape index (κ3) is 3.21. The first-order chi connectivity index (χ1) is 8.79. The normalized spacial score (nSPS) is 11.8. The van der Waals surface area contributed by atoms with E-state index >= 15 is 0 Å². The fraction of sp³-hybridized carbons (Fsp3) is 0.235. The molecule has 90 valence electrons. The molecule has 2 aromatic carbocycles. The third-order valence-corrected chi connectivity index (χ3v) is 3.16. The molecule has 0 radical (unpaired) electrons. The molecule has 2 rings (SSSR count). The predicted octanol–water partition coefficient (Wildman–Crippen LogP) is 4.24. The van der Waals surface area contributed by atoms with Crippen LogP contribution in [0.3, 0.4) is 0 Å². The van der Waals surface area contributed by atoms with Crippen molar-refractivity contribution < 1.29 is 0 Å². The zero-order valence-electron chi connectivity index (χ0n) is 10.6. The van der Waals surface area contributed by atoms with Crippen LogP contribution in [0.1, 0.15) is 29.0 Å². The molecular formula is C17H17N. The predicted molar refractivity (Wildman–Crippen MR) is 74.3 cm³/mol. The summed E-state index contributed by atoms with van der Waals surface area (Å²) < 4.78 is 0. The number of nitriles is 1. The van der Waals surface area contributed by atoms with Gasteiger partial charge in [-0.25, -0.2) is 0 Å². The third-order valence-electron chi connectivity index (χ3n) is 3.16. The summed E-state index contributed by atoms with van der Waals surface area (Å²) in [5.41, 5.74) is 3.71. The Morgan fingerprint density at radius 3 is 2.50 bits per heavy atom. The molecule has 0 saturated carbocycles. The number of aryl methyl sites for hydroxylation is 2. The average Bonchev–Trinajstić information content (AvgIpc) is 2.41. The van der Waals surface area contributed by atoms with Crippen molar-refractivity contribution in [2.45, 2.75) is 25.7 Å². The van der Waals surface area contributed by atoms with Gasteiger partial charge in [0, 0.05) is 0 Å². The Kier molecular flexibility index (Phi) is 4.15. The molecule has 0 N–H and O–H groups in total. The van der Waals surface area contributed by atoms with Crippen LogP contribution in [-0.2, 0) is 6.42 Å². The van der Waals surface area contributed by atoms with E-state index in [4.69, 9.17) is 0 Å². The lowest BCUT2D eigenvalue weighted by Crippen LogP contribution is -1.98. The van der Waals surface area contributed by atoms with Crippen molar-refractivity contribution in [2.75, 3.05) is 0 Å². The smallest absolute Gasteiger partial charge is 0.0715 e. The molecule has 0 spiro atoms. The van der Waals surface area contributed by atoms with Gasteiger partial charge in [-0.3, -0.25) is 0 Å². The van der Waals surface area contributed by atoms with Crippen molar-refractivity contribution >= 4 is 0 Å². The van der Waals surface area contributed by atoms with E-state index in [0.29, 0.717) is 0 Å². The fourth-order valence-electron chi connectivity index (χ4n) is 2.17. The molecule has 0 fully saturated rings. The number of rotatable bonds is 4. The zero-order chi connectivity index (χ0) is 12.8. The van der Waals surface area contributed by atoms with E-state index in [1.54, 1.807) is 0 Å². The van der Waals surface area contributed by atoms with Gasteiger partial charge in [0.2, 0.25) is 0 Å². The van der Waals surface area contributed by atoms with Gasteiger partial charge in [-0.05, 0) is 30.9 Å². The van der Waals surface area contributed by atoms with Crippen molar-refractivity contribution in [1.82, 2.24) is 0 Å². The van der Waals surface area contributed by atoms with Crippen LogP contribution in [0.25, 0.3) is 0 Å². The van der Waals surface area contributed by atoms with Crippen LogP contribution in [0.15, 0.2) is 54.6 Å². The highest BCUT2D eigenvalue weighted by Gasteiger charge is 2.09. The Labute approximate surface area is 109 Å². The Balaban J connectivity index is 2.03. The minimum Gasteiger partial charge on any atom is -0.198 e. The molecule has 2 aromatic rings. The molecule has 0 unspecified atom stereocenters. The lowest BCUT2D eigenvalue weighted by Gasteiger charge is -2.09. The van der Waals surface area contributed by atoms with Crippen LogP contribution in [-0.4, -0.2) is 0 Å². The van der Waals surface area contributed by atoms with Gasteiger partial charge >= 0.3 is 0 Å². The van der Waals surface area contributed by atoms with Gasteiger partial charge < -0.3 is 0 Å².